The number of aromatic amines is 1. The summed E-state index contributed by atoms with van der Waals surface area (Å²) in [6.07, 6.45) is 9.19. The summed E-state index contributed by atoms with van der Waals surface area (Å²) in [7, 11) is 0. The third-order valence-corrected chi connectivity index (χ3v) is 3.85. The fourth-order valence-corrected chi connectivity index (χ4v) is 2.74. The van der Waals surface area contributed by atoms with E-state index in [0.29, 0.717) is 18.2 Å². The van der Waals surface area contributed by atoms with Crippen LogP contribution in [0.1, 0.15) is 32.1 Å². The lowest BCUT2D eigenvalue weighted by atomic mass is 9.90. The van der Waals surface area contributed by atoms with Crippen LogP contribution < -0.4 is 5.32 Å². The number of H-pyrrole nitrogens is 1. The number of anilines is 1. The van der Waals surface area contributed by atoms with Crippen LogP contribution in [0.15, 0.2) is 24.5 Å². The molecule has 5 heteroatoms. The van der Waals surface area contributed by atoms with E-state index in [2.05, 4.69) is 15.3 Å². The fourth-order valence-electron chi connectivity index (χ4n) is 2.74. The predicted molar refractivity (Wildman–Crippen MR) is 77.6 cm³/mol. The first kappa shape index (κ1) is 13.0. The van der Waals surface area contributed by atoms with E-state index >= 15 is 0 Å². The molecule has 106 valence electrons. The van der Waals surface area contributed by atoms with E-state index in [0.717, 1.165) is 11.0 Å². The van der Waals surface area contributed by atoms with Crippen molar-refractivity contribution in [2.45, 2.75) is 32.1 Å². The van der Waals surface area contributed by atoms with Gasteiger partial charge in [-0.15, -0.1) is 0 Å². The Bertz CT molecular complexity index is 588. The Morgan fingerprint density at radius 2 is 2.25 bits per heavy atom. The topological polar surface area (TPSA) is 67.0 Å². The first-order valence-corrected chi connectivity index (χ1v) is 7.19. The summed E-state index contributed by atoms with van der Waals surface area (Å²) in [4.78, 5) is 19.1. The SMILES string of the molecule is O=C(Nc1c[nH]c2cccnc12)OCC1CCCCC1. The Labute approximate surface area is 117 Å². The first-order valence-electron chi connectivity index (χ1n) is 7.19. The third-order valence-electron chi connectivity index (χ3n) is 3.85. The van der Waals surface area contributed by atoms with Gasteiger partial charge in [-0.1, -0.05) is 19.3 Å². The molecule has 0 radical (unpaired) electrons. The molecule has 0 atom stereocenters. The minimum absolute atomic E-state index is 0.401. The molecule has 2 aromatic rings. The lowest BCUT2D eigenvalue weighted by Crippen LogP contribution is -2.20. The summed E-state index contributed by atoms with van der Waals surface area (Å²) >= 11 is 0. The molecule has 2 heterocycles. The molecule has 0 saturated heterocycles. The molecule has 2 aromatic heterocycles. The highest BCUT2D eigenvalue weighted by Crippen LogP contribution is 2.24. The van der Waals surface area contributed by atoms with Crippen LogP contribution in [0.25, 0.3) is 11.0 Å². The lowest BCUT2D eigenvalue weighted by molar-refractivity contribution is 0.128. The second-order valence-corrected chi connectivity index (χ2v) is 5.33. The third kappa shape index (κ3) is 2.92. The molecule has 1 saturated carbocycles. The zero-order chi connectivity index (χ0) is 13.8. The van der Waals surface area contributed by atoms with Crippen molar-refractivity contribution in [3.63, 3.8) is 0 Å². The highest BCUT2D eigenvalue weighted by molar-refractivity contribution is 5.96. The van der Waals surface area contributed by atoms with Gasteiger partial charge in [0.2, 0.25) is 0 Å². The van der Waals surface area contributed by atoms with Gasteiger partial charge in [-0.05, 0) is 30.9 Å². The standard InChI is InChI=1S/C15H19N3O2/c19-15(20-10-11-5-2-1-3-6-11)18-13-9-17-12-7-4-8-16-14(12)13/h4,7-9,11,17H,1-3,5-6,10H2,(H,18,19). The number of hydrogen-bond donors (Lipinski definition) is 2. The van der Waals surface area contributed by atoms with Crippen LogP contribution >= 0.6 is 0 Å². The van der Waals surface area contributed by atoms with Crippen molar-refractivity contribution >= 4 is 22.8 Å². The predicted octanol–water partition coefficient (Wildman–Crippen LogP) is 3.69. The first-order chi connectivity index (χ1) is 9.83. The second kappa shape index (κ2) is 5.94. The minimum atomic E-state index is -0.401. The highest BCUT2D eigenvalue weighted by Gasteiger charge is 2.16. The Kier molecular flexibility index (Phi) is 3.85. The number of hydrogen-bond acceptors (Lipinski definition) is 3. The van der Waals surface area contributed by atoms with E-state index < -0.39 is 6.09 Å². The van der Waals surface area contributed by atoms with Crippen LogP contribution in [0.4, 0.5) is 10.5 Å². The molecule has 3 rings (SSSR count). The maximum absolute atomic E-state index is 11.8. The molecule has 5 nitrogen and oxygen atoms in total. The van der Waals surface area contributed by atoms with E-state index in [1.54, 1.807) is 12.4 Å². The minimum Gasteiger partial charge on any atom is -0.449 e. The molecule has 1 amide bonds. The summed E-state index contributed by atoms with van der Waals surface area (Å²) in [5, 5.41) is 2.75. The van der Waals surface area contributed by atoms with Gasteiger partial charge in [0.1, 0.15) is 5.52 Å². The number of nitrogens with zero attached hydrogens (tertiary/aromatic N) is 1. The summed E-state index contributed by atoms with van der Waals surface area (Å²) < 4.78 is 5.31. The maximum Gasteiger partial charge on any atom is 0.411 e. The van der Waals surface area contributed by atoms with Gasteiger partial charge in [0, 0.05) is 12.4 Å². The summed E-state index contributed by atoms with van der Waals surface area (Å²) in [5.74, 6) is 0.524. The average molecular weight is 273 g/mol. The number of fused-ring (bicyclic) bond motifs is 1. The van der Waals surface area contributed by atoms with Crippen LogP contribution in [0, 0.1) is 5.92 Å². The number of nitrogens with one attached hydrogen (secondary N) is 2. The van der Waals surface area contributed by atoms with Crippen molar-refractivity contribution in [1.29, 1.82) is 0 Å². The van der Waals surface area contributed by atoms with Gasteiger partial charge in [0.15, 0.2) is 0 Å². The average Bonchev–Trinajstić information content (AvgIpc) is 2.90. The Morgan fingerprint density at radius 3 is 3.10 bits per heavy atom. The summed E-state index contributed by atoms with van der Waals surface area (Å²) in [6, 6.07) is 3.77. The smallest absolute Gasteiger partial charge is 0.411 e. The van der Waals surface area contributed by atoms with Gasteiger partial charge >= 0.3 is 6.09 Å². The quantitative estimate of drug-likeness (QED) is 0.896. The zero-order valence-corrected chi connectivity index (χ0v) is 11.4. The largest absolute Gasteiger partial charge is 0.449 e. The maximum atomic E-state index is 11.8. The van der Waals surface area contributed by atoms with E-state index in [-0.39, 0.29) is 0 Å². The van der Waals surface area contributed by atoms with Crippen LogP contribution in [0.5, 0.6) is 0 Å². The molecule has 0 aromatic carbocycles. The molecule has 1 fully saturated rings. The summed E-state index contributed by atoms with van der Waals surface area (Å²) in [5.41, 5.74) is 2.31. The number of aromatic nitrogens is 2. The monoisotopic (exact) mass is 273 g/mol. The van der Waals surface area contributed by atoms with Crippen LogP contribution in [0.2, 0.25) is 0 Å². The van der Waals surface area contributed by atoms with Crippen molar-refractivity contribution in [3.8, 4) is 0 Å². The van der Waals surface area contributed by atoms with E-state index in [9.17, 15) is 4.79 Å². The van der Waals surface area contributed by atoms with Crippen LogP contribution in [-0.2, 0) is 4.74 Å². The van der Waals surface area contributed by atoms with Gasteiger partial charge in [0.25, 0.3) is 0 Å². The van der Waals surface area contributed by atoms with Crippen molar-refractivity contribution in [2.24, 2.45) is 5.92 Å². The Hall–Kier alpha value is -2.04. The number of ether oxygens (including phenoxy) is 1. The zero-order valence-electron chi connectivity index (χ0n) is 11.4. The second-order valence-electron chi connectivity index (χ2n) is 5.33. The molecule has 1 aliphatic carbocycles. The van der Waals surface area contributed by atoms with Gasteiger partial charge in [-0.25, -0.2) is 4.79 Å². The van der Waals surface area contributed by atoms with Gasteiger partial charge in [0.05, 0.1) is 17.8 Å². The number of carbonyl (C=O) groups excluding carboxylic acids is 1. The van der Waals surface area contributed by atoms with Crippen molar-refractivity contribution < 1.29 is 9.53 Å². The molecule has 2 N–H and O–H groups in total. The van der Waals surface area contributed by atoms with Crippen LogP contribution in [-0.4, -0.2) is 22.7 Å². The number of pyridine rings is 1. The Balaban J connectivity index is 1.55. The van der Waals surface area contributed by atoms with Crippen molar-refractivity contribution in [3.05, 3.63) is 24.5 Å². The molecule has 1 aliphatic rings. The molecule has 0 unspecified atom stereocenters. The molecule has 0 aliphatic heterocycles. The van der Waals surface area contributed by atoms with E-state index in [4.69, 9.17) is 4.74 Å². The molecule has 20 heavy (non-hydrogen) atoms. The normalized spacial score (nSPS) is 16.2. The molecular weight excluding hydrogens is 254 g/mol. The highest BCUT2D eigenvalue weighted by atomic mass is 16.5. The molecule has 0 spiro atoms. The summed E-state index contributed by atoms with van der Waals surface area (Å²) in [6.45, 7) is 0.515. The van der Waals surface area contributed by atoms with E-state index in [1.165, 1.54) is 32.1 Å². The van der Waals surface area contributed by atoms with Crippen molar-refractivity contribution in [2.75, 3.05) is 11.9 Å². The van der Waals surface area contributed by atoms with Gasteiger partial charge in [-0.3, -0.25) is 10.3 Å². The number of rotatable bonds is 3. The van der Waals surface area contributed by atoms with Crippen LogP contribution in [0.3, 0.4) is 0 Å². The molecular formula is C15H19N3O2. The lowest BCUT2D eigenvalue weighted by Gasteiger charge is -2.20. The van der Waals surface area contributed by atoms with E-state index in [1.807, 2.05) is 12.1 Å². The van der Waals surface area contributed by atoms with Crippen molar-refractivity contribution in [1.82, 2.24) is 9.97 Å². The van der Waals surface area contributed by atoms with Gasteiger partial charge < -0.3 is 9.72 Å². The van der Waals surface area contributed by atoms with Gasteiger partial charge in [-0.2, -0.15) is 0 Å². The Morgan fingerprint density at radius 1 is 1.40 bits per heavy atom. The number of amides is 1. The number of carbonyl (C=O) groups is 1. The molecule has 0 bridgehead atoms. The fraction of sp³-hybridized carbons (Fsp3) is 0.467.